The number of hydrogen-bond acceptors (Lipinski definition) is 4. The number of nitriles is 1. The van der Waals surface area contributed by atoms with Crippen molar-refractivity contribution in [3.8, 4) is 6.07 Å². The smallest absolute Gasteiger partial charge is 0.369 e. The zero-order valence-electron chi connectivity index (χ0n) is 12.2. The van der Waals surface area contributed by atoms with Crippen LogP contribution in [0.25, 0.3) is 0 Å². The maximum atomic E-state index is 13.3. The van der Waals surface area contributed by atoms with Gasteiger partial charge in [0, 0.05) is 13.1 Å². The van der Waals surface area contributed by atoms with E-state index in [1.54, 1.807) is 15.9 Å². The van der Waals surface area contributed by atoms with Crippen LogP contribution in [0.4, 0.5) is 18.9 Å². The maximum absolute atomic E-state index is 13.3. The Morgan fingerprint density at radius 3 is 2.78 bits per heavy atom. The van der Waals surface area contributed by atoms with E-state index < -0.39 is 11.7 Å². The van der Waals surface area contributed by atoms with Gasteiger partial charge in [-0.3, -0.25) is 0 Å². The van der Waals surface area contributed by atoms with Gasteiger partial charge in [0.25, 0.3) is 0 Å². The fourth-order valence-corrected chi connectivity index (χ4v) is 2.90. The average Bonchev–Trinajstić information content (AvgIpc) is 3.08. The van der Waals surface area contributed by atoms with Gasteiger partial charge in [-0.15, -0.1) is 0 Å². The van der Waals surface area contributed by atoms with Crippen LogP contribution in [0.15, 0.2) is 30.9 Å². The Kier molecular flexibility index (Phi) is 3.94. The minimum absolute atomic E-state index is 0.0296. The zero-order chi connectivity index (χ0) is 16.4. The number of alkyl halides is 3. The van der Waals surface area contributed by atoms with E-state index in [1.165, 1.54) is 18.5 Å². The lowest BCUT2D eigenvalue weighted by atomic mass is 10.0. The van der Waals surface area contributed by atoms with Gasteiger partial charge in [-0.05, 0) is 31.0 Å². The van der Waals surface area contributed by atoms with Crippen molar-refractivity contribution in [3.63, 3.8) is 0 Å². The third kappa shape index (κ3) is 3.13. The Hall–Kier alpha value is -2.56. The summed E-state index contributed by atoms with van der Waals surface area (Å²) in [5, 5.41) is 13.1. The predicted molar refractivity (Wildman–Crippen MR) is 76.7 cm³/mol. The molecule has 0 saturated carbocycles. The zero-order valence-corrected chi connectivity index (χ0v) is 12.2. The van der Waals surface area contributed by atoms with Crippen molar-refractivity contribution in [2.75, 3.05) is 18.0 Å². The van der Waals surface area contributed by atoms with Crippen molar-refractivity contribution in [3.05, 3.63) is 42.0 Å². The third-order valence-electron chi connectivity index (χ3n) is 3.98. The molecular formula is C15H14F3N5. The first-order valence-corrected chi connectivity index (χ1v) is 7.19. The second-order valence-electron chi connectivity index (χ2n) is 5.46. The molecule has 8 heteroatoms. The van der Waals surface area contributed by atoms with E-state index in [-0.39, 0.29) is 17.3 Å². The van der Waals surface area contributed by atoms with Gasteiger partial charge in [0.15, 0.2) is 0 Å². The number of halogens is 3. The van der Waals surface area contributed by atoms with Crippen molar-refractivity contribution in [1.29, 1.82) is 5.26 Å². The second kappa shape index (κ2) is 5.91. The molecule has 5 nitrogen and oxygen atoms in total. The summed E-state index contributed by atoms with van der Waals surface area (Å²) in [4.78, 5) is 5.57. The lowest BCUT2D eigenvalue weighted by Gasteiger charge is -2.35. The van der Waals surface area contributed by atoms with Crippen molar-refractivity contribution in [2.45, 2.75) is 25.1 Å². The summed E-state index contributed by atoms with van der Waals surface area (Å²) in [6.45, 7) is 0.921. The molecule has 0 aliphatic carbocycles. The highest BCUT2D eigenvalue weighted by atomic mass is 19.4. The van der Waals surface area contributed by atoms with Crippen LogP contribution in [0.5, 0.6) is 0 Å². The topological polar surface area (TPSA) is 57.7 Å². The predicted octanol–water partition coefficient (Wildman–Crippen LogP) is 3.01. The first kappa shape index (κ1) is 15.3. The molecular weight excluding hydrogens is 307 g/mol. The Morgan fingerprint density at radius 1 is 1.30 bits per heavy atom. The number of anilines is 1. The van der Waals surface area contributed by atoms with E-state index in [1.807, 2.05) is 6.07 Å². The lowest BCUT2D eigenvalue weighted by molar-refractivity contribution is -0.137. The summed E-state index contributed by atoms with van der Waals surface area (Å²) in [6, 6.07) is 5.36. The second-order valence-corrected chi connectivity index (χ2v) is 5.46. The van der Waals surface area contributed by atoms with Crippen LogP contribution in [0.3, 0.4) is 0 Å². The van der Waals surface area contributed by atoms with E-state index in [4.69, 9.17) is 5.26 Å². The molecule has 1 unspecified atom stereocenters. The van der Waals surface area contributed by atoms with Gasteiger partial charge in [-0.1, -0.05) is 0 Å². The molecule has 1 saturated heterocycles. The molecule has 3 rings (SSSR count). The highest BCUT2D eigenvalue weighted by Crippen LogP contribution is 2.38. The van der Waals surface area contributed by atoms with Crippen LogP contribution >= 0.6 is 0 Å². The molecule has 1 fully saturated rings. The molecule has 0 bridgehead atoms. The Balaban J connectivity index is 1.95. The minimum Gasteiger partial charge on any atom is -0.369 e. The molecule has 2 aromatic rings. The molecule has 23 heavy (non-hydrogen) atoms. The number of piperidine rings is 1. The summed E-state index contributed by atoms with van der Waals surface area (Å²) in [5.74, 6) is 0. The molecule has 0 N–H and O–H groups in total. The third-order valence-corrected chi connectivity index (χ3v) is 3.98. The summed E-state index contributed by atoms with van der Waals surface area (Å²) < 4.78 is 41.5. The van der Waals surface area contributed by atoms with Crippen LogP contribution in [-0.2, 0) is 6.18 Å². The maximum Gasteiger partial charge on any atom is 0.418 e. The van der Waals surface area contributed by atoms with E-state index in [0.717, 1.165) is 18.9 Å². The van der Waals surface area contributed by atoms with Gasteiger partial charge in [0.2, 0.25) is 0 Å². The molecule has 1 aromatic carbocycles. The van der Waals surface area contributed by atoms with Crippen molar-refractivity contribution < 1.29 is 13.2 Å². The van der Waals surface area contributed by atoms with Gasteiger partial charge in [0.05, 0.1) is 28.9 Å². The molecule has 1 aliphatic heterocycles. The van der Waals surface area contributed by atoms with Crippen molar-refractivity contribution in [2.24, 2.45) is 0 Å². The molecule has 0 amide bonds. The van der Waals surface area contributed by atoms with Crippen molar-refractivity contribution in [1.82, 2.24) is 14.8 Å². The Morgan fingerprint density at radius 2 is 2.13 bits per heavy atom. The van der Waals surface area contributed by atoms with Gasteiger partial charge < -0.3 is 4.90 Å². The van der Waals surface area contributed by atoms with Crippen LogP contribution in [0, 0.1) is 11.3 Å². The summed E-state index contributed by atoms with van der Waals surface area (Å²) in [5.41, 5.74) is -0.437. The standard InChI is InChI=1S/C15H14F3N5/c16-15(17,18)13-4-3-11(7-19)6-14(13)22-5-1-2-12(8-22)23-10-20-9-21-23/h3-4,6,9-10,12H,1-2,5,8H2. The van der Waals surface area contributed by atoms with Gasteiger partial charge in [0.1, 0.15) is 12.7 Å². The fourth-order valence-electron chi connectivity index (χ4n) is 2.90. The average molecular weight is 321 g/mol. The van der Waals surface area contributed by atoms with E-state index >= 15 is 0 Å². The Labute approximate surface area is 131 Å². The highest BCUT2D eigenvalue weighted by Gasteiger charge is 2.36. The number of hydrogen-bond donors (Lipinski definition) is 0. The van der Waals surface area contributed by atoms with Gasteiger partial charge in [-0.2, -0.15) is 23.5 Å². The molecule has 1 atom stereocenters. The van der Waals surface area contributed by atoms with E-state index in [2.05, 4.69) is 10.1 Å². The molecule has 2 heterocycles. The SMILES string of the molecule is N#Cc1ccc(C(F)(F)F)c(N2CCCC(n3cncn3)C2)c1. The van der Waals surface area contributed by atoms with Gasteiger partial charge >= 0.3 is 6.18 Å². The fraction of sp³-hybridized carbons (Fsp3) is 0.400. The normalized spacial score (nSPS) is 18.7. The van der Waals surface area contributed by atoms with E-state index in [9.17, 15) is 13.2 Å². The lowest BCUT2D eigenvalue weighted by Crippen LogP contribution is -2.38. The number of benzene rings is 1. The molecule has 1 aliphatic rings. The molecule has 1 aromatic heterocycles. The minimum atomic E-state index is -4.45. The van der Waals surface area contributed by atoms with Crippen LogP contribution in [0.2, 0.25) is 0 Å². The van der Waals surface area contributed by atoms with Crippen LogP contribution in [0.1, 0.15) is 30.0 Å². The number of aromatic nitrogens is 3. The summed E-state index contributed by atoms with van der Waals surface area (Å²) >= 11 is 0. The molecule has 0 radical (unpaired) electrons. The van der Waals surface area contributed by atoms with Crippen LogP contribution < -0.4 is 4.90 Å². The summed E-state index contributed by atoms with van der Waals surface area (Å²) in [6.07, 6.45) is 0.113. The summed E-state index contributed by atoms with van der Waals surface area (Å²) in [7, 11) is 0. The number of nitrogens with zero attached hydrogens (tertiary/aromatic N) is 5. The first-order chi connectivity index (χ1) is 11.0. The first-order valence-electron chi connectivity index (χ1n) is 7.19. The van der Waals surface area contributed by atoms with Gasteiger partial charge in [-0.25, -0.2) is 9.67 Å². The monoisotopic (exact) mass is 321 g/mol. The number of rotatable bonds is 2. The van der Waals surface area contributed by atoms with Crippen LogP contribution in [-0.4, -0.2) is 27.9 Å². The van der Waals surface area contributed by atoms with E-state index in [0.29, 0.717) is 13.1 Å². The highest BCUT2D eigenvalue weighted by molar-refractivity contribution is 5.59. The quantitative estimate of drug-likeness (QED) is 0.853. The molecule has 120 valence electrons. The Bertz CT molecular complexity index is 718. The largest absolute Gasteiger partial charge is 0.418 e. The molecule has 0 spiro atoms. The van der Waals surface area contributed by atoms with Crippen molar-refractivity contribution >= 4 is 5.69 Å².